The Morgan fingerprint density at radius 3 is 2.87 bits per heavy atom. The molecule has 1 saturated carbocycles. The first-order valence-electron chi connectivity index (χ1n) is 10.3. The first-order chi connectivity index (χ1) is 15.1. The van der Waals surface area contributed by atoms with Gasteiger partial charge in [-0.05, 0) is 36.0 Å². The Morgan fingerprint density at radius 2 is 2.13 bits per heavy atom. The smallest absolute Gasteiger partial charge is 0.228 e. The van der Waals surface area contributed by atoms with Crippen molar-refractivity contribution in [2.24, 2.45) is 5.92 Å². The fourth-order valence-electron chi connectivity index (χ4n) is 4.18. The van der Waals surface area contributed by atoms with Crippen molar-refractivity contribution in [1.82, 2.24) is 4.90 Å². The number of hydrogen-bond donors (Lipinski definition) is 1. The van der Waals surface area contributed by atoms with E-state index in [1.54, 1.807) is 19.1 Å². The van der Waals surface area contributed by atoms with E-state index in [1.165, 1.54) is 11.3 Å². The van der Waals surface area contributed by atoms with Gasteiger partial charge in [0, 0.05) is 24.4 Å². The lowest BCUT2D eigenvalue weighted by Crippen LogP contribution is -2.35. The van der Waals surface area contributed by atoms with Gasteiger partial charge in [0.1, 0.15) is 16.8 Å². The fourth-order valence-corrected chi connectivity index (χ4v) is 5.39. The summed E-state index contributed by atoms with van der Waals surface area (Å²) < 4.78 is 10.4. The SMILES string of the molecule is COCCC(=O)N1CCc2c(sc(NC(=O)C3CC3c3ccccc3OC)c2C#N)C1. The summed E-state index contributed by atoms with van der Waals surface area (Å²) in [7, 11) is 3.21. The van der Waals surface area contributed by atoms with Gasteiger partial charge in [-0.1, -0.05) is 18.2 Å². The Hall–Kier alpha value is -2.89. The number of nitrogens with one attached hydrogen (secondary N) is 1. The van der Waals surface area contributed by atoms with E-state index >= 15 is 0 Å². The number of benzene rings is 1. The minimum Gasteiger partial charge on any atom is -0.496 e. The summed E-state index contributed by atoms with van der Waals surface area (Å²) in [5.41, 5.74) is 2.53. The second-order valence-electron chi connectivity index (χ2n) is 7.81. The second kappa shape index (κ2) is 9.08. The molecule has 1 aliphatic carbocycles. The number of hydrogen-bond acceptors (Lipinski definition) is 6. The zero-order chi connectivity index (χ0) is 22.0. The van der Waals surface area contributed by atoms with E-state index in [-0.39, 0.29) is 23.7 Å². The number of fused-ring (bicyclic) bond motifs is 1. The molecule has 0 bridgehead atoms. The standard InChI is InChI=1S/C23H25N3O4S/c1-29-10-8-21(27)26-9-7-15-18(12-24)23(31-20(15)13-26)25-22(28)17-11-16(17)14-5-3-4-6-19(14)30-2/h3-6,16-17H,7-11,13H2,1-2H3,(H,25,28). The van der Waals surface area contributed by atoms with E-state index < -0.39 is 0 Å². The number of anilines is 1. The lowest BCUT2D eigenvalue weighted by Gasteiger charge is -2.27. The molecule has 2 aliphatic rings. The summed E-state index contributed by atoms with van der Waals surface area (Å²) in [6, 6.07) is 10.0. The van der Waals surface area contributed by atoms with Crippen LogP contribution in [0.5, 0.6) is 5.75 Å². The van der Waals surface area contributed by atoms with Gasteiger partial charge in [-0.3, -0.25) is 9.59 Å². The monoisotopic (exact) mass is 439 g/mol. The Balaban J connectivity index is 1.45. The highest BCUT2D eigenvalue weighted by molar-refractivity contribution is 7.16. The molecule has 1 N–H and O–H groups in total. The normalized spacial score (nSPS) is 19.3. The minimum absolute atomic E-state index is 0.0441. The van der Waals surface area contributed by atoms with Gasteiger partial charge in [0.2, 0.25) is 11.8 Å². The van der Waals surface area contributed by atoms with Crippen LogP contribution >= 0.6 is 11.3 Å². The van der Waals surface area contributed by atoms with Gasteiger partial charge in [-0.15, -0.1) is 11.3 Å². The van der Waals surface area contributed by atoms with Crippen molar-refractivity contribution >= 4 is 28.2 Å². The topological polar surface area (TPSA) is 91.7 Å². The Bertz CT molecular complexity index is 1040. The Morgan fingerprint density at radius 1 is 1.32 bits per heavy atom. The molecular weight excluding hydrogens is 414 g/mol. The predicted molar refractivity (Wildman–Crippen MR) is 117 cm³/mol. The number of thiophene rings is 1. The number of carbonyl (C=O) groups is 2. The highest BCUT2D eigenvalue weighted by Gasteiger charge is 2.45. The molecule has 1 aromatic heterocycles. The van der Waals surface area contributed by atoms with Crippen molar-refractivity contribution in [3.63, 3.8) is 0 Å². The van der Waals surface area contributed by atoms with Crippen LogP contribution in [0.1, 0.15) is 40.3 Å². The quantitative estimate of drug-likeness (QED) is 0.715. The molecule has 2 amide bonds. The molecule has 0 saturated heterocycles. The van der Waals surface area contributed by atoms with Gasteiger partial charge in [0.15, 0.2) is 0 Å². The van der Waals surface area contributed by atoms with E-state index in [0.29, 0.717) is 43.1 Å². The molecule has 1 aromatic carbocycles. The van der Waals surface area contributed by atoms with Crippen LogP contribution in [-0.2, 0) is 27.3 Å². The number of methoxy groups -OCH3 is 2. The average Bonchev–Trinajstić information content (AvgIpc) is 3.52. The van der Waals surface area contributed by atoms with Crippen molar-refractivity contribution in [2.75, 3.05) is 32.7 Å². The zero-order valence-corrected chi connectivity index (χ0v) is 18.5. The largest absolute Gasteiger partial charge is 0.496 e. The average molecular weight is 440 g/mol. The third-order valence-electron chi connectivity index (χ3n) is 5.94. The van der Waals surface area contributed by atoms with Crippen molar-refractivity contribution in [1.29, 1.82) is 5.26 Å². The summed E-state index contributed by atoms with van der Waals surface area (Å²) in [6.45, 7) is 1.44. The molecule has 4 rings (SSSR count). The Kier molecular flexibility index (Phi) is 6.25. The van der Waals surface area contributed by atoms with Crippen LogP contribution in [0.4, 0.5) is 5.00 Å². The van der Waals surface area contributed by atoms with Crippen LogP contribution in [-0.4, -0.2) is 44.1 Å². The first-order valence-corrected chi connectivity index (χ1v) is 11.1. The van der Waals surface area contributed by atoms with Crippen LogP contribution in [0.3, 0.4) is 0 Å². The number of nitriles is 1. The molecule has 31 heavy (non-hydrogen) atoms. The van der Waals surface area contributed by atoms with E-state index in [0.717, 1.165) is 28.2 Å². The maximum absolute atomic E-state index is 12.9. The van der Waals surface area contributed by atoms with Crippen LogP contribution in [0.25, 0.3) is 0 Å². The third-order valence-corrected chi connectivity index (χ3v) is 7.08. The zero-order valence-electron chi connectivity index (χ0n) is 17.6. The summed E-state index contributed by atoms with van der Waals surface area (Å²) in [6.07, 6.45) is 1.73. The van der Waals surface area contributed by atoms with Crippen LogP contribution in [0.2, 0.25) is 0 Å². The molecule has 2 unspecified atom stereocenters. The maximum Gasteiger partial charge on any atom is 0.228 e. The maximum atomic E-state index is 12.9. The number of nitrogens with zero attached hydrogens (tertiary/aromatic N) is 2. The van der Waals surface area contributed by atoms with Crippen molar-refractivity contribution < 1.29 is 19.1 Å². The molecule has 162 valence electrons. The second-order valence-corrected chi connectivity index (χ2v) is 8.91. The number of rotatable bonds is 7. The molecule has 0 radical (unpaired) electrons. The molecular formula is C23H25N3O4S. The summed E-state index contributed by atoms with van der Waals surface area (Å²) in [5, 5.41) is 13.3. The predicted octanol–water partition coefficient (Wildman–Crippen LogP) is 3.29. The van der Waals surface area contributed by atoms with Gasteiger partial charge in [-0.2, -0.15) is 5.26 Å². The lowest BCUT2D eigenvalue weighted by atomic mass is 10.0. The molecule has 0 spiro atoms. The molecule has 8 heteroatoms. The molecule has 1 fully saturated rings. The van der Waals surface area contributed by atoms with Crippen molar-refractivity contribution in [2.45, 2.75) is 31.7 Å². The summed E-state index contributed by atoms with van der Waals surface area (Å²) in [4.78, 5) is 28.0. The fraction of sp³-hybridized carbons (Fsp3) is 0.435. The van der Waals surface area contributed by atoms with E-state index in [4.69, 9.17) is 9.47 Å². The van der Waals surface area contributed by atoms with Crippen molar-refractivity contribution in [3.8, 4) is 11.8 Å². The van der Waals surface area contributed by atoms with E-state index in [2.05, 4.69) is 11.4 Å². The van der Waals surface area contributed by atoms with Gasteiger partial charge in [0.05, 0.1) is 32.2 Å². The first kappa shape index (κ1) is 21.3. The van der Waals surface area contributed by atoms with Gasteiger partial charge in [-0.25, -0.2) is 0 Å². The number of amides is 2. The molecule has 1 aliphatic heterocycles. The molecule has 2 aromatic rings. The van der Waals surface area contributed by atoms with Crippen molar-refractivity contribution in [3.05, 3.63) is 45.8 Å². The molecule has 7 nitrogen and oxygen atoms in total. The van der Waals surface area contributed by atoms with Crippen LogP contribution in [0, 0.1) is 17.2 Å². The highest BCUT2D eigenvalue weighted by Crippen LogP contribution is 2.51. The lowest BCUT2D eigenvalue weighted by molar-refractivity contribution is -0.133. The van der Waals surface area contributed by atoms with Crippen LogP contribution < -0.4 is 10.1 Å². The highest BCUT2D eigenvalue weighted by atomic mass is 32.1. The minimum atomic E-state index is -0.130. The van der Waals surface area contributed by atoms with E-state index in [1.807, 2.05) is 24.3 Å². The Labute approximate surface area is 185 Å². The van der Waals surface area contributed by atoms with Gasteiger partial charge in [0.25, 0.3) is 0 Å². The summed E-state index contributed by atoms with van der Waals surface area (Å²) >= 11 is 1.41. The van der Waals surface area contributed by atoms with Crippen LogP contribution in [0.15, 0.2) is 24.3 Å². The van der Waals surface area contributed by atoms with E-state index in [9.17, 15) is 14.9 Å². The number of carbonyl (C=O) groups excluding carboxylic acids is 2. The number of para-hydroxylation sites is 1. The van der Waals surface area contributed by atoms with Gasteiger partial charge >= 0.3 is 0 Å². The van der Waals surface area contributed by atoms with Gasteiger partial charge < -0.3 is 19.7 Å². The molecule has 2 heterocycles. The third kappa shape index (κ3) is 4.29. The summed E-state index contributed by atoms with van der Waals surface area (Å²) in [5.74, 6) is 0.770. The number of ether oxygens (including phenoxy) is 2. The molecule has 2 atom stereocenters.